The van der Waals surface area contributed by atoms with Crippen LogP contribution in [0.4, 0.5) is 0 Å². The molecule has 0 amide bonds. The maximum Gasteiger partial charge on any atom is 0.178 e. The number of nitrogens with two attached hydrogens (primary N) is 1. The Morgan fingerprint density at radius 3 is 2.29 bits per heavy atom. The van der Waals surface area contributed by atoms with Crippen molar-refractivity contribution in [3.05, 3.63) is 24.3 Å². The largest absolute Gasteiger partial charge is 0.508 e. The third kappa shape index (κ3) is 2.71. The SMILES string of the molecule is NCCCS(=O)(=O)c1ccc(O)cc1. The van der Waals surface area contributed by atoms with E-state index < -0.39 is 9.84 Å². The lowest BCUT2D eigenvalue weighted by Gasteiger charge is -2.02. The molecule has 0 aliphatic heterocycles. The van der Waals surface area contributed by atoms with Crippen molar-refractivity contribution in [2.24, 2.45) is 5.73 Å². The molecule has 0 aliphatic rings. The average Bonchev–Trinajstić information content (AvgIpc) is 2.16. The Balaban J connectivity index is 2.87. The van der Waals surface area contributed by atoms with Crippen molar-refractivity contribution in [3.63, 3.8) is 0 Å². The first-order valence-corrected chi connectivity index (χ1v) is 5.93. The van der Waals surface area contributed by atoms with Gasteiger partial charge < -0.3 is 10.8 Å². The maximum atomic E-state index is 11.6. The van der Waals surface area contributed by atoms with E-state index in [9.17, 15) is 8.42 Å². The van der Waals surface area contributed by atoms with E-state index in [1.165, 1.54) is 24.3 Å². The fraction of sp³-hybridized carbons (Fsp3) is 0.333. The number of hydrogen-bond donors (Lipinski definition) is 2. The van der Waals surface area contributed by atoms with Crippen LogP contribution in [0.2, 0.25) is 0 Å². The smallest absolute Gasteiger partial charge is 0.178 e. The van der Waals surface area contributed by atoms with E-state index >= 15 is 0 Å². The van der Waals surface area contributed by atoms with Crippen molar-refractivity contribution in [2.75, 3.05) is 12.3 Å². The number of benzene rings is 1. The minimum Gasteiger partial charge on any atom is -0.508 e. The zero-order valence-corrected chi connectivity index (χ0v) is 8.50. The summed E-state index contributed by atoms with van der Waals surface area (Å²) in [5.74, 6) is 0.108. The van der Waals surface area contributed by atoms with Gasteiger partial charge in [0.25, 0.3) is 0 Å². The van der Waals surface area contributed by atoms with Gasteiger partial charge in [-0.25, -0.2) is 8.42 Å². The molecule has 1 rings (SSSR count). The van der Waals surface area contributed by atoms with E-state index in [-0.39, 0.29) is 16.4 Å². The van der Waals surface area contributed by atoms with Crippen LogP contribution >= 0.6 is 0 Å². The van der Waals surface area contributed by atoms with Crippen LogP contribution in [0.15, 0.2) is 29.2 Å². The van der Waals surface area contributed by atoms with Gasteiger partial charge in [-0.1, -0.05) is 0 Å². The number of phenols is 1. The zero-order chi connectivity index (χ0) is 10.6. The van der Waals surface area contributed by atoms with E-state index in [2.05, 4.69) is 0 Å². The minimum absolute atomic E-state index is 0.0499. The van der Waals surface area contributed by atoms with Crippen LogP contribution in [0.3, 0.4) is 0 Å². The first-order chi connectivity index (χ1) is 6.56. The molecule has 0 bridgehead atoms. The van der Waals surface area contributed by atoms with E-state index in [4.69, 9.17) is 10.8 Å². The van der Waals surface area contributed by atoms with Crippen LogP contribution in [0.25, 0.3) is 0 Å². The summed E-state index contributed by atoms with van der Waals surface area (Å²) in [5.41, 5.74) is 5.23. The monoisotopic (exact) mass is 215 g/mol. The Morgan fingerprint density at radius 1 is 1.21 bits per heavy atom. The Bertz CT molecular complexity index is 383. The van der Waals surface area contributed by atoms with E-state index in [0.29, 0.717) is 13.0 Å². The van der Waals surface area contributed by atoms with Gasteiger partial charge in [-0.2, -0.15) is 0 Å². The van der Waals surface area contributed by atoms with Gasteiger partial charge in [-0.05, 0) is 37.2 Å². The average molecular weight is 215 g/mol. The molecule has 0 saturated carbocycles. The molecule has 0 saturated heterocycles. The van der Waals surface area contributed by atoms with Gasteiger partial charge >= 0.3 is 0 Å². The van der Waals surface area contributed by atoms with Crippen LogP contribution < -0.4 is 5.73 Å². The second kappa shape index (κ2) is 4.43. The Morgan fingerprint density at radius 2 is 1.79 bits per heavy atom. The summed E-state index contributed by atoms with van der Waals surface area (Å²) < 4.78 is 23.1. The molecule has 0 unspecified atom stereocenters. The molecule has 0 aliphatic carbocycles. The van der Waals surface area contributed by atoms with Gasteiger partial charge in [0.05, 0.1) is 10.6 Å². The lowest BCUT2D eigenvalue weighted by Crippen LogP contribution is -2.11. The topological polar surface area (TPSA) is 80.4 Å². The van der Waals surface area contributed by atoms with E-state index in [0.717, 1.165) is 0 Å². The minimum atomic E-state index is -3.23. The van der Waals surface area contributed by atoms with Gasteiger partial charge in [-0.3, -0.25) is 0 Å². The summed E-state index contributed by atoms with van der Waals surface area (Å²) in [4.78, 5) is 0.226. The van der Waals surface area contributed by atoms with E-state index in [1.807, 2.05) is 0 Å². The summed E-state index contributed by atoms with van der Waals surface area (Å²) >= 11 is 0. The molecule has 1 aromatic carbocycles. The van der Waals surface area contributed by atoms with Crippen LogP contribution in [0, 0.1) is 0 Å². The van der Waals surface area contributed by atoms with Crippen molar-refractivity contribution in [2.45, 2.75) is 11.3 Å². The second-order valence-corrected chi connectivity index (χ2v) is 5.06. The highest BCUT2D eigenvalue weighted by Crippen LogP contribution is 2.15. The first-order valence-electron chi connectivity index (χ1n) is 4.28. The second-order valence-electron chi connectivity index (χ2n) is 2.96. The molecular formula is C9H13NO3S. The highest BCUT2D eigenvalue weighted by molar-refractivity contribution is 7.91. The Labute approximate surface area is 83.3 Å². The zero-order valence-electron chi connectivity index (χ0n) is 7.68. The molecule has 5 heteroatoms. The van der Waals surface area contributed by atoms with Gasteiger partial charge in [0.2, 0.25) is 0 Å². The van der Waals surface area contributed by atoms with Crippen molar-refractivity contribution >= 4 is 9.84 Å². The molecule has 0 aromatic heterocycles. The molecule has 0 spiro atoms. The van der Waals surface area contributed by atoms with Gasteiger partial charge in [0, 0.05) is 0 Å². The fourth-order valence-electron chi connectivity index (χ4n) is 1.04. The highest BCUT2D eigenvalue weighted by atomic mass is 32.2. The quantitative estimate of drug-likeness (QED) is 0.767. The van der Waals surface area contributed by atoms with Crippen molar-refractivity contribution in [1.29, 1.82) is 0 Å². The third-order valence-corrected chi connectivity index (χ3v) is 3.63. The molecule has 0 atom stereocenters. The predicted molar refractivity (Wildman–Crippen MR) is 53.8 cm³/mol. The van der Waals surface area contributed by atoms with Gasteiger partial charge in [-0.15, -0.1) is 0 Å². The molecule has 0 radical (unpaired) electrons. The Hall–Kier alpha value is -1.07. The standard InChI is InChI=1S/C9H13NO3S/c10-6-1-7-14(12,13)9-4-2-8(11)3-5-9/h2-5,11H,1,6-7,10H2. The molecule has 78 valence electrons. The lowest BCUT2D eigenvalue weighted by atomic mass is 10.3. The Kier molecular flexibility index (Phi) is 3.49. The molecule has 1 aromatic rings. The van der Waals surface area contributed by atoms with Gasteiger partial charge in [0.1, 0.15) is 5.75 Å². The normalized spacial score (nSPS) is 11.5. The van der Waals surface area contributed by atoms with E-state index in [1.54, 1.807) is 0 Å². The number of hydrogen-bond acceptors (Lipinski definition) is 4. The summed E-state index contributed by atoms with van der Waals surface area (Å²) in [5, 5.41) is 8.98. The third-order valence-electron chi connectivity index (χ3n) is 1.81. The first kappa shape index (κ1) is 11.0. The molecule has 0 fully saturated rings. The van der Waals surface area contributed by atoms with Crippen LogP contribution in [0.1, 0.15) is 6.42 Å². The van der Waals surface area contributed by atoms with Crippen molar-refractivity contribution in [3.8, 4) is 5.75 Å². The molecule has 3 N–H and O–H groups in total. The lowest BCUT2D eigenvalue weighted by molar-refractivity contribution is 0.475. The summed E-state index contributed by atoms with van der Waals surface area (Å²) in [6.07, 6.45) is 0.448. The fourth-order valence-corrected chi connectivity index (χ4v) is 2.38. The summed E-state index contributed by atoms with van der Waals surface area (Å²) in [6.45, 7) is 0.358. The molecule has 14 heavy (non-hydrogen) atoms. The number of rotatable bonds is 4. The molecular weight excluding hydrogens is 202 g/mol. The van der Waals surface area contributed by atoms with Crippen LogP contribution in [-0.2, 0) is 9.84 Å². The summed E-state index contributed by atoms with van der Waals surface area (Å²) in [7, 11) is -3.23. The van der Waals surface area contributed by atoms with Gasteiger partial charge in [0.15, 0.2) is 9.84 Å². The molecule has 4 nitrogen and oxygen atoms in total. The van der Waals surface area contributed by atoms with Crippen LogP contribution in [0.5, 0.6) is 5.75 Å². The maximum absolute atomic E-state index is 11.6. The number of phenolic OH excluding ortho intramolecular Hbond substituents is 1. The van der Waals surface area contributed by atoms with Crippen molar-refractivity contribution < 1.29 is 13.5 Å². The summed E-state index contributed by atoms with van der Waals surface area (Å²) in [6, 6.07) is 5.49. The predicted octanol–water partition coefficient (Wildman–Crippen LogP) is 0.515. The highest BCUT2D eigenvalue weighted by Gasteiger charge is 2.12. The number of aromatic hydroxyl groups is 1. The van der Waals surface area contributed by atoms with Crippen molar-refractivity contribution in [1.82, 2.24) is 0 Å². The van der Waals surface area contributed by atoms with Crippen LogP contribution in [-0.4, -0.2) is 25.8 Å². The molecule has 0 heterocycles. The number of sulfone groups is 1.